The number of hydrogen-bond donors (Lipinski definition) is 5. The maximum atomic E-state index is 13.7. The number of aliphatic hydroxyl groups is 1. The fourth-order valence-electron chi connectivity index (χ4n) is 10.7. The lowest BCUT2D eigenvalue weighted by atomic mass is 9.80. The van der Waals surface area contributed by atoms with Crippen LogP contribution in [0.2, 0.25) is 0 Å². The van der Waals surface area contributed by atoms with Gasteiger partial charge in [-0.05, 0) is 129 Å². The van der Waals surface area contributed by atoms with Crippen LogP contribution in [0.25, 0.3) is 35.6 Å². The van der Waals surface area contributed by atoms with Gasteiger partial charge in [-0.15, -0.1) is 0 Å². The van der Waals surface area contributed by atoms with Gasteiger partial charge in [0.25, 0.3) is 0 Å². The van der Waals surface area contributed by atoms with E-state index < -0.39 is 17.9 Å². The number of aromatic amines is 3. The van der Waals surface area contributed by atoms with Gasteiger partial charge in [0, 0.05) is 56.6 Å². The Morgan fingerprint density at radius 2 is 1.50 bits per heavy atom. The highest BCUT2D eigenvalue weighted by atomic mass is 16.5. The molecule has 9 heteroatoms. The molecule has 0 aromatic carbocycles. The Morgan fingerprint density at radius 1 is 0.844 bits per heavy atom. The van der Waals surface area contributed by atoms with Crippen molar-refractivity contribution in [1.29, 1.82) is 0 Å². The van der Waals surface area contributed by atoms with E-state index in [0.717, 1.165) is 98.1 Å². The monoisotopic (exact) mass is 875 g/mol. The standard InChI is InChI=1S/C55H78N4O5/c1-13-39-35(8)42-28-44-37(10)41(24-25-48(60)64-27-26-34(7)23-17-22-33(6)21-16-20-32(5)19-15-18-31(3)4)52(58-44)50-51(55(62)63-12)54(61)49-38(11)45(59-53(49)50)30-47-40(14-2)36(9)43(57-47)29-46(39)56-42/h13,26,28-33,37,41,51-52,56-59,61H,1,14-25,27H2,2-12H3/b34-26-,43-29-,44-28-,47-30?/t32-,33-,37+,41+,51-,52?/m1/s1. The number of hydrogen-bond acceptors (Lipinski definition) is 6. The van der Waals surface area contributed by atoms with Crippen molar-refractivity contribution in [3.05, 3.63) is 90.1 Å². The van der Waals surface area contributed by atoms with E-state index in [2.05, 4.69) is 113 Å². The second-order valence-corrected chi connectivity index (χ2v) is 19.9. The van der Waals surface area contributed by atoms with Crippen LogP contribution >= 0.6 is 0 Å². The van der Waals surface area contributed by atoms with Crippen molar-refractivity contribution >= 4 is 47.6 Å². The molecule has 6 rings (SSSR count). The van der Waals surface area contributed by atoms with Gasteiger partial charge in [-0.3, -0.25) is 9.59 Å². The lowest BCUT2D eigenvalue weighted by Crippen LogP contribution is -2.38. The van der Waals surface area contributed by atoms with Crippen LogP contribution in [-0.2, 0) is 25.5 Å². The SMILES string of the molecule is C=Cc1c2[nH]c(c1C)/C=C1\NC(C3=c4[nH]c(c(C)c4=C(O)[C@@H]3C(=O)OC)C=c3[nH]/c(c(C)c3CC)=C\2)[C@@H](CCC(=O)OC/C=C(/C)CCC[C@H](C)CCC[C@H](C)CCCC(C)C)[C@@H]1C. The highest BCUT2D eigenvalue weighted by Crippen LogP contribution is 2.42. The predicted molar refractivity (Wildman–Crippen MR) is 263 cm³/mol. The van der Waals surface area contributed by atoms with Crippen LogP contribution in [0.1, 0.15) is 164 Å². The second kappa shape index (κ2) is 21.4. The summed E-state index contributed by atoms with van der Waals surface area (Å²) < 4.78 is 11.2. The summed E-state index contributed by atoms with van der Waals surface area (Å²) in [4.78, 5) is 38.2. The van der Waals surface area contributed by atoms with E-state index in [9.17, 15) is 14.7 Å². The molecule has 2 aliphatic heterocycles. The van der Waals surface area contributed by atoms with E-state index in [-0.39, 0.29) is 36.6 Å². The fraction of sp³-hybridized carbons (Fsp3) is 0.564. The number of allylic oxidation sites excluding steroid dienone is 2. The van der Waals surface area contributed by atoms with E-state index in [1.807, 2.05) is 13.0 Å². The molecule has 0 amide bonds. The molecule has 9 nitrogen and oxygen atoms in total. The van der Waals surface area contributed by atoms with Gasteiger partial charge < -0.3 is 34.8 Å². The van der Waals surface area contributed by atoms with Gasteiger partial charge in [0.15, 0.2) is 0 Å². The van der Waals surface area contributed by atoms with Crippen LogP contribution in [0.5, 0.6) is 0 Å². The Labute approximate surface area is 382 Å². The molecule has 0 saturated carbocycles. The van der Waals surface area contributed by atoms with Gasteiger partial charge in [0.1, 0.15) is 18.3 Å². The fourth-order valence-corrected chi connectivity index (χ4v) is 10.7. The van der Waals surface area contributed by atoms with E-state index in [4.69, 9.17) is 9.47 Å². The Morgan fingerprint density at radius 3 is 2.16 bits per heavy atom. The quantitative estimate of drug-likeness (QED) is 0.0568. The summed E-state index contributed by atoms with van der Waals surface area (Å²) in [6.07, 6.45) is 23.3. The van der Waals surface area contributed by atoms with Crippen LogP contribution in [0.15, 0.2) is 23.9 Å². The Bertz CT molecular complexity index is 2510. The number of aromatic nitrogens is 3. The third-order valence-electron chi connectivity index (χ3n) is 14.8. The maximum Gasteiger partial charge on any atom is 0.320 e. The Balaban J connectivity index is 1.21. The van der Waals surface area contributed by atoms with E-state index >= 15 is 0 Å². The van der Waals surface area contributed by atoms with Gasteiger partial charge in [0.2, 0.25) is 0 Å². The first kappa shape index (κ1) is 48.5. The number of rotatable bonds is 20. The third kappa shape index (κ3) is 10.6. The van der Waals surface area contributed by atoms with Crippen molar-refractivity contribution in [2.45, 2.75) is 152 Å². The number of fused-ring (bicyclic) bond motifs is 8. The Kier molecular flexibility index (Phi) is 16.2. The molecule has 3 aliphatic rings. The van der Waals surface area contributed by atoms with Crippen molar-refractivity contribution in [1.82, 2.24) is 20.3 Å². The number of nitrogens with one attached hydrogen (secondary N) is 4. The van der Waals surface area contributed by atoms with Crippen molar-refractivity contribution in [2.24, 2.45) is 35.5 Å². The van der Waals surface area contributed by atoms with Crippen LogP contribution in [0, 0.1) is 56.3 Å². The van der Waals surface area contributed by atoms with Gasteiger partial charge in [-0.2, -0.15) is 0 Å². The molecule has 64 heavy (non-hydrogen) atoms. The summed E-state index contributed by atoms with van der Waals surface area (Å²) in [5.41, 5.74) is 11.1. The molecule has 1 saturated heterocycles. The number of esters is 2. The minimum absolute atomic E-state index is 0.0153. The number of carbonyl (C=O) groups excluding carboxylic acids is 2. The maximum absolute atomic E-state index is 13.7. The van der Waals surface area contributed by atoms with Crippen molar-refractivity contribution in [3.63, 3.8) is 0 Å². The van der Waals surface area contributed by atoms with Crippen LogP contribution < -0.4 is 26.6 Å². The summed E-state index contributed by atoms with van der Waals surface area (Å²) in [7, 11) is 1.36. The molecule has 1 aliphatic carbocycles. The lowest BCUT2D eigenvalue weighted by molar-refractivity contribution is -0.143. The first-order valence-electron chi connectivity index (χ1n) is 24.4. The molecule has 1 unspecified atom stereocenters. The van der Waals surface area contributed by atoms with Gasteiger partial charge in [-0.1, -0.05) is 105 Å². The van der Waals surface area contributed by atoms with Gasteiger partial charge in [0.05, 0.1) is 18.5 Å². The molecular formula is C55H78N4O5. The number of carbonyl (C=O) groups is 2. The topological polar surface area (TPSA) is 132 Å². The molecule has 3 aromatic rings. The molecule has 5 N–H and O–H groups in total. The van der Waals surface area contributed by atoms with E-state index in [1.54, 1.807) is 0 Å². The molecule has 3 aromatic heterocycles. The smallest absolute Gasteiger partial charge is 0.320 e. The summed E-state index contributed by atoms with van der Waals surface area (Å²) in [6.45, 7) is 26.6. The molecule has 6 atom stereocenters. The predicted octanol–water partition coefficient (Wildman–Crippen LogP) is 9.37. The molecule has 0 spiro atoms. The molecule has 1 fully saturated rings. The average Bonchev–Trinajstić information content (AvgIpc) is 3.99. The Hall–Kier alpha value is -4.92. The van der Waals surface area contributed by atoms with Gasteiger partial charge in [-0.25, -0.2) is 0 Å². The van der Waals surface area contributed by atoms with Crippen molar-refractivity contribution < 1.29 is 24.2 Å². The summed E-state index contributed by atoms with van der Waals surface area (Å²) in [6, 6.07) is -0.395. The van der Waals surface area contributed by atoms with Crippen LogP contribution in [0.4, 0.5) is 0 Å². The van der Waals surface area contributed by atoms with Gasteiger partial charge >= 0.3 is 11.9 Å². The number of methoxy groups -OCH3 is 1. The van der Waals surface area contributed by atoms with E-state index in [1.165, 1.54) is 68.8 Å². The first-order valence-corrected chi connectivity index (χ1v) is 24.4. The molecule has 5 heterocycles. The highest BCUT2D eigenvalue weighted by molar-refractivity contribution is 5.95. The van der Waals surface area contributed by atoms with E-state index in [0.29, 0.717) is 11.6 Å². The summed E-state index contributed by atoms with van der Waals surface area (Å²) in [5.74, 6) is 0.433. The summed E-state index contributed by atoms with van der Waals surface area (Å²) in [5, 5.41) is 19.1. The zero-order chi connectivity index (χ0) is 46.4. The third-order valence-corrected chi connectivity index (χ3v) is 14.8. The summed E-state index contributed by atoms with van der Waals surface area (Å²) >= 11 is 0. The normalized spacial score (nSPS) is 21.5. The lowest BCUT2D eigenvalue weighted by Gasteiger charge is -2.26. The minimum Gasteiger partial charge on any atom is -0.510 e. The minimum atomic E-state index is -0.994. The largest absolute Gasteiger partial charge is 0.510 e. The van der Waals surface area contributed by atoms with Crippen molar-refractivity contribution in [2.75, 3.05) is 13.7 Å². The van der Waals surface area contributed by atoms with Crippen LogP contribution in [0.3, 0.4) is 0 Å². The highest BCUT2D eigenvalue weighted by Gasteiger charge is 2.47. The van der Waals surface area contributed by atoms with Crippen molar-refractivity contribution in [3.8, 4) is 0 Å². The average molecular weight is 875 g/mol. The van der Waals surface area contributed by atoms with Crippen LogP contribution in [-0.4, -0.2) is 51.8 Å². The zero-order valence-electron chi connectivity index (χ0n) is 40.9. The molecule has 348 valence electrons. The second-order valence-electron chi connectivity index (χ2n) is 19.9. The first-order chi connectivity index (χ1) is 30.6. The molecule has 0 radical (unpaired) electrons. The molecule has 8 bridgehead atoms. The number of H-pyrrole nitrogens is 3. The molecular weight excluding hydrogens is 797 g/mol. The zero-order valence-corrected chi connectivity index (χ0v) is 40.9. The number of ether oxygens (including phenoxy) is 2. The number of aliphatic hydroxyl groups excluding tert-OH is 1.